The molecule has 6 nitrogen and oxygen atoms in total. The number of carbonyl (C=O) groups is 1. The Bertz CT molecular complexity index is 896. The molecule has 0 fully saturated rings. The summed E-state index contributed by atoms with van der Waals surface area (Å²) in [4.78, 5) is 27.9. The molecule has 1 aromatic carbocycles. The summed E-state index contributed by atoms with van der Waals surface area (Å²) in [6.45, 7) is 2.48. The van der Waals surface area contributed by atoms with E-state index in [0.717, 1.165) is 17.5 Å². The molecule has 0 aliphatic heterocycles. The Balaban J connectivity index is 2.16. The van der Waals surface area contributed by atoms with Gasteiger partial charge < -0.3 is 9.84 Å². The van der Waals surface area contributed by atoms with Gasteiger partial charge in [-0.2, -0.15) is 0 Å². The van der Waals surface area contributed by atoms with Crippen LogP contribution in [0.4, 0.5) is 0 Å². The number of aromatic nitrogens is 2. The van der Waals surface area contributed by atoms with Crippen LogP contribution < -0.4 is 10.3 Å². The summed E-state index contributed by atoms with van der Waals surface area (Å²) in [6, 6.07) is 7.27. The molecular weight excluding hydrogens is 304 g/mol. The first-order valence-electron chi connectivity index (χ1n) is 6.57. The largest absolute Gasteiger partial charge is 0.494 e. The molecule has 0 spiro atoms. The van der Waals surface area contributed by atoms with Gasteiger partial charge in [0.25, 0.3) is 5.56 Å². The number of carboxylic acids is 1. The van der Waals surface area contributed by atoms with Crippen LogP contribution in [0.1, 0.15) is 17.3 Å². The monoisotopic (exact) mass is 316 g/mol. The normalized spacial score (nSPS) is 10.8. The van der Waals surface area contributed by atoms with E-state index in [1.54, 1.807) is 5.38 Å². The Morgan fingerprint density at radius 3 is 2.73 bits per heavy atom. The SMILES string of the molecule is CCOc1ccc(-c2csc3ncc(C(=O)O)c(=O)n23)cc1. The van der Waals surface area contributed by atoms with Gasteiger partial charge in [-0.05, 0) is 36.8 Å². The molecule has 0 unspecified atom stereocenters. The summed E-state index contributed by atoms with van der Waals surface area (Å²) in [5.41, 5.74) is 0.482. The Hall–Kier alpha value is -2.67. The highest BCUT2D eigenvalue weighted by molar-refractivity contribution is 7.15. The van der Waals surface area contributed by atoms with Gasteiger partial charge in [-0.15, -0.1) is 11.3 Å². The van der Waals surface area contributed by atoms with Crippen molar-refractivity contribution in [2.24, 2.45) is 0 Å². The number of rotatable bonds is 4. The van der Waals surface area contributed by atoms with Crippen molar-refractivity contribution < 1.29 is 14.6 Å². The standard InChI is InChI=1S/C15H12N2O4S/c1-2-21-10-5-3-9(4-6-10)12-8-22-15-16-7-11(14(19)20)13(18)17(12)15/h3-8H,2H2,1H3,(H,19,20). The van der Waals surface area contributed by atoms with Gasteiger partial charge in [0.15, 0.2) is 4.96 Å². The summed E-state index contributed by atoms with van der Waals surface area (Å²) >= 11 is 1.29. The zero-order valence-electron chi connectivity index (χ0n) is 11.6. The van der Waals surface area contributed by atoms with E-state index in [2.05, 4.69) is 4.98 Å². The molecule has 22 heavy (non-hydrogen) atoms. The van der Waals surface area contributed by atoms with Crippen LogP contribution in [0, 0.1) is 0 Å². The molecule has 0 aliphatic carbocycles. The van der Waals surface area contributed by atoms with E-state index < -0.39 is 11.5 Å². The van der Waals surface area contributed by atoms with Crippen LogP contribution >= 0.6 is 11.3 Å². The molecule has 1 N–H and O–H groups in total. The molecular formula is C15H12N2O4S. The van der Waals surface area contributed by atoms with Crippen molar-refractivity contribution in [2.45, 2.75) is 6.92 Å². The fourth-order valence-electron chi connectivity index (χ4n) is 2.13. The minimum absolute atomic E-state index is 0.344. The zero-order chi connectivity index (χ0) is 15.7. The second kappa shape index (κ2) is 5.61. The van der Waals surface area contributed by atoms with Crippen LogP contribution in [0.15, 0.2) is 40.6 Å². The Labute approximate surface area is 129 Å². The van der Waals surface area contributed by atoms with E-state index in [0.29, 0.717) is 17.3 Å². The minimum Gasteiger partial charge on any atom is -0.494 e. The lowest BCUT2D eigenvalue weighted by atomic mass is 10.1. The quantitative estimate of drug-likeness (QED) is 0.800. The van der Waals surface area contributed by atoms with Crippen molar-refractivity contribution in [3.05, 3.63) is 51.8 Å². The van der Waals surface area contributed by atoms with Crippen LogP contribution in [0.5, 0.6) is 5.75 Å². The average molecular weight is 316 g/mol. The van der Waals surface area contributed by atoms with Crippen LogP contribution in [0.25, 0.3) is 16.2 Å². The van der Waals surface area contributed by atoms with Crippen molar-refractivity contribution in [3.63, 3.8) is 0 Å². The van der Waals surface area contributed by atoms with Crippen molar-refractivity contribution in [1.29, 1.82) is 0 Å². The van der Waals surface area contributed by atoms with Crippen molar-refractivity contribution in [1.82, 2.24) is 9.38 Å². The Morgan fingerprint density at radius 1 is 1.36 bits per heavy atom. The highest BCUT2D eigenvalue weighted by Gasteiger charge is 2.16. The third-order valence-corrected chi connectivity index (χ3v) is 3.98. The number of hydrogen-bond donors (Lipinski definition) is 1. The highest BCUT2D eigenvalue weighted by Crippen LogP contribution is 2.25. The smallest absolute Gasteiger partial charge is 0.342 e. The fourth-order valence-corrected chi connectivity index (χ4v) is 2.99. The summed E-state index contributed by atoms with van der Waals surface area (Å²) < 4.78 is 6.71. The lowest BCUT2D eigenvalue weighted by molar-refractivity contribution is 0.0694. The molecule has 2 aromatic heterocycles. The van der Waals surface area contributed by atoms with Crippen LogP contribution in [0.3, 0.4) is 0 Å². The molecule has 0 bridgehead atoms. The van der Waals surface area contributed by atoms with Crippen LogP contribution in [-0.2, 0) is 0 Å². The molecule has 0 saturated carbocycles. The van der Waals surface area contributed by atoms with Crippen LogP contribution in [0.2, 0.25) is 0 Å². The van der Waals surface area contributed by atoms with Crippen molar-refractivity contribution in [2.75, 3.05) is 6.61 Å². The second-order valence-corrected chi connectivity index (χ2v) is 5.32. The number of fused-ring (bicyclic) bond motifs is 1. The number of aromatic carboxylic acids is 1. The third kappa shape index (κ3) is 2.35. The van der Waals surface area contributed by atoms with E-state index in [4.69, 9.17) is 9.84 Å². The average Bonchev–Trinajstić information content (AvgIpc) is 2.93. The first-order chi connectivity index (χ1) is 10.6. The number of nitrogens with zero attached hydrogens (tertiary/aromatic N) is 2. The number of ether oxygens (including phenoxy) is 1. The Morgan fingerprint density at radius 2 is 2.09 bits per heavy atom. The van der Waals surface area contributed by atoms with Gasteiger partial charge in [-0.25, -0.2) is 9.78 Å². The van der Waals surface area contributed by atoms with E-state index in [1.807, 2.05) is 31.2 Å². The molecule has 3 rings (SSSR count). The molecule has 3 aromatic rings. The summed E-state index contributed by atoms with van der Waals surface area (Å²) in [5, 5.41) is 10.8. The van der Waals surface area contributed by atoms with Crippen molar-refractivity contribution >= 4 is 22.3 Å². The fraction of sp³-hybridized carbons (Fsp3) is 0.133. The lowest BCUT2D eigenvalue weighted by Crippen LogP contribution is -2.22. The number of thiazole rings is 1. The first-order valence-corrected chi connectivity index (χ1v) is 7.45. The number of carboxylic acid groups (broad SMARTS) is 1. The maximum absolute atomic E-state index is 12.3. The Kier molecular flexibility index (Phi) is 3.64. The molecule has 0 radical (unpaired) electrons. The molecule has 0 atom stereocenters. The van der Waals surface area contributed by atoms with Crippen molar-refractivity contribution in [3.8, 4) is 17.0 Å². The van der Waals surface area contributed by atoms with E-state index in [9.17, 15) is 9.59 Å². The molecule has 112 valence electrons. The van der Waals surface area contributed by atoms with E-state index in [-0.39, 0.29) is 5.56 Å². The molecule has 7 heteroatoms. The second-order valence-electron chi connectivity index (χ2n) is 4.48. The van der Waals surface area contributed by atoms with Gasteiger partial charge >= 0.3 is 5.97 Å². The van der Waals surface area contributed by atoms with Gasteiger partial charge in [0.2, 0.25) is 0 Å². The zero-order valence-corrected chi connectivity index (χ0v) is 12.5. The van der Waals surface area contributed by atoms with Crippen LogP contribution in [-0.4, -0.2) is 27.1 Å². The molecule has 0 saturated heterocycles. The molecule has 2 heterocycles. The highest BCUT2D eigenvalue weighted by atomic mass is 32.1. The third-order valence-electron chi connectivity index (χ3n) is 3.14. The number of hydrogen-bond acceptors (Lipinski definition) is 5. The summed E-state index contributed by atoms with van der Waals surface area (Å²) in [5.74, 6) is -0.543. The maximum atomic E-state index is 12.3. The topological polar surface area (TPSA) is 80.9 Å². The molecule has 0 aliphatic rings. The maximum Gasteiger partial charge on any atom is 0.342 e. The van der Waals surface area contributed by atoms with Gasteiger partial charge in [0, 0.05) is 5.38 Å². The summed E-state index contributed by atoms with van der Waals surface area (Å²) in [7, 11) is 0. The van der Waals surface area contributed by atoms with Gasteiger partial charge in [0.05, 0.1) is 18.5 Å². The first kappa shape index (κ1) is 14.3. The predicted octanol–water partition coefficient (Wildman–Crippen LogP) is 2.52. The predicted molar refractivity (Wildman–Crippen MR) is 82.9 cm³/mol. The minimum atomic E-state index is -1.28. The number of benzene rings is 1. The van der Waals surface area contributed by atoms with E-state index in [1.165, 1.54) is 15.7 Å². The van der Waals surface area contributed by atoms with E-state index >= 15 is 0 Å². The summed E-state index contributed by atoms with van der Waals surface area (Å²) in [6.07, 6.45) is 1.10. The van der Waals surface area contributed by atoms with Gasteiger partial charge in [-0.3, -0.25) is 9.20 Å². The van der Waals surface area contributed by atoms with Gasteiger partial charge in [-0.1, -0.05) is 0 Å². The van der Waals surface area contributed by atoms with Gasteiger partial charge in [0.1, 0.15) is 11.3 Å². The lowest BCUT2D eigenvalue weighted by Gasteiger charge is -2.05. The molecule has 0 amide bonds.